The van der Waals surface area contributed by atoms with Crippen molar-refractivity contribution in [3.8, 4) is 0 Å². The fourth-order valence-electron chi connectivity index (χ4n) is 2.11. The third kappa shape index (κ3) is 2.49. The van der Waals surface area contributed by atoms with Gasteiger partial charge in [0.25, 0.3) is 5.91 Å². The summed E-state index contributed by atoms with van der Waals surface area (Å²) in [6, 6.07) is 2.85. The van der Waals surface area contributed by atoms with Crippen LogP contribution in [-0.2, 0) is 4.79 Å². The number of aromatic nitrogens is 2. The second-order valence-electron chi connectivity index (χ2n) is 4.75. The Morgan fingerprint density at radius 2 is 2.10 bits per heavy atom. The van der Waals surface area contributed by atoms with Crippen molar-refractivity contribution >= 4 is 17.5 Å². The molecule has 0 aliphatic carbocycles. The Hall–Kier alpha value is -2.37. The molecule has 0 saturated carbocycles. The Labute approximate surface area is 116 Å². The lowest BCUT2D eigenvalue weighted by atomic mass is 10.2. The van der Waals surface area contributed by atoms with E-state index in [1.807, 2.05) is 25.3 Å². The van der Waals surface area contributed by atoms with Gasteiger partial charge in [-0.2, -0.15) is 0 Å². The van der Waals surface area contributed by atoms with Crippen LogP contribution in [0.25, 0.3) is 5.65 Å². The monoisotopic (exact) mass is 275 g/mol. The van der Waals surface area contributed by atoms with Crippen LogP contribution in [0.1, 0.15) is 35.1 Å². The molecule has 1 amide bonds. The first-order valence-electron chi connectivity index (χ1n) is 6.43. The summed E-state index contributed by atoms with van der Waals surface area (Å²) in [5, 5.41) is 11.5. The highest BCUT2D eigenvalue weighted by molar-refractivity contribution is 5.96. The standard InChI is InChI=1S/C14H17N3O3/c1-4-10(14(19)20)16-13(18)12-9(3)15-11-6-5-8(2)7-17(11)12/h5-7,10H,4H2,1-3H3,(H,16,18)(H,19,20). The zero-order valence-corrected chi connectivity index (χ0v) is 11.7. The number of fused-ring (bicyclic) bond motifs is 1. The molecule has 20 heavy (non-hydrogen) atoms. The molecule has 6 heteroatoms. The molecule has 0 aliphatic rings. The fraction of sp³-hybridized carbons (Fsp3) is 0.357. The predicted octanol–water partition coefficient (Wildman–Crippen LogP) is 1.54. The van der Waals surface area contributed by atoms with E-state index in [1.165, 1.54) is 0 Å². The maximum Gasteiger partial charge on any atom is 0.326 e. The van der Waals surface area contributed by atoms with Gasteiger partial charge in [-0.1, -0.05) is 13.0 Å². The van der Waals surface area contributed by atoms with Gasteiger partial charge >= 0.3 is 5.97 Å². The first kappa shape index (κ1) is 14.0. The number of nitrogens with one attached hydrogen (secondary N) is 1. The summed E-state index contributed by atoms with van der Waals surface area (Å²) < 4.78 is 1.69. The van der Waals surface area contributed by atoms with Gasteiger partial charge in [-0.3, -0.25) is 9.20 Å². The van der Waals surface area contributed by atoms with Gasteiger partial charge in [-0.05, 0) is 31.9 Å². The van der Waals surface area contributed by atoms with E-state index in [0.717, 1.165) is 5.56 Å². The third-order valence-corrected chi connectivity index (χ3v) is 3.17. The van der Waals surface area contributed by atoms with Crippen LogP contribution in [0.2, 0.25) is 0 Å². The highest BCUT2D eigenvalue weighted by Gasteiger charge is 2.22. The number of aryl methyl sites for hydroxylation is 2. The molecular weight excluding hydrogens is 258 g/mol. The van der Waals surface area contributed by atoms with Crippen LogP contribution in [0.3, 0.4) is 0 Å². The zero-order valence-electron chi connectivity index (χ0n) is 11.7. The Morgan fingerprint density at radius 3 is 2.70 bits per heavy atom. The smallest absolute Gasteiger partial charge is 0.326 e. The van der Waals surface area contributed by atoms with Gasteiger partial charge < -0.3 is 10.4 Å². The normalized spacial score (nSPS) is 12.3. The largest absolute Gasteiger partial charge is 0.480 e. The van der Waals surface area contributed by atoms with Crippen LogP contribution in [0.4, 0.5) is 0 Å². The first-order chi connectivity index (χ1) is 9.43. The molecule has 6 nitrogen and oxygen atoms in total. The van der Waals surface area contributed by atoms with Crippen molar-refractivity contribution in [2.75, 3.05) is 0 Å². The number of imidazole rings is 1. The summed E-state index contributed by atoms with van der Waals surface area (Å²) in [7, 11) is 0. The lowest BCUT2D eigenvalue weighted by molar-refractivity contribution is -0.139. The van der Waals surface area contributed by atoms with Crippen LogP contribution < -0.4 is 5.32 Å². The minimum atomic E-state index is -1.04. The number of aliphatic carboxylic acids is 1. The first-order valence-corrected chi connectivity index (χ1v) is 6.43. The second kappa shape index (κ2) is 5.32. The number of rotatable bonds is 4. The van der Waals surface area contributed by atoms with E-state index >= 15 is 0 Å². The van der Waals surface area contributed by atoms with Crippen molar-refractivity contribution in [2.24, 2.45) is 0 Å². The van der Waals surface area contributed by atoms with Gasteiger partial charge in [0, 0.05) is 6.20 Å². The van der Waals surface area contributed by atoms with E-state index in [0.29, 0.717) is 23.5 Å². The molecule has 2 rings (SSSR count). The van der Waals surface area contributed by atoms with Crippen molar-refractivity contribution < 1.29 is 14.7 Å². The van der Waals surface area contributed by atoms with Crippen molar-refractivity contribution in [1.29, 1.82) is 0 Å². The topological polar surface area (TPSA) is 83.7 Å². The number of carboxylic acid groups (broad SMARTS) is 1. The summed E-state index contributed by atoms with van der Waals surface area (Å²) in [6.07, 6.45) is 2.14. The van der Waals surface area contributed by atoms with E-state index in [4.69, 9.17) is 5.11 Å². The van der Waals surface area contributed by atoms with E-state index in [1.54, 1.807) is 18.2 Å². The summed E-state index contributed by atoms with van der Waals surface area (Å²) in [6.45, 7) is 5.37. The lowest BCUT2D eigenvalue weighted by Crippen LogP contribution is -2.40. The van der Waals surface area contributed by atoms with Crippen LogP contribution in [0.15, 0.2) is 18.3 Å². The highest BCUT2D eigenvalue weighted by Crippen LogP contribution is 2.13. The Balaban J connectivity index is 2.41. The molecule has 106 valence electrons. The zero-order chi connectivity index (χ0) is 14.9. The number of carboxylic acids is 1. The molecule has 1 atom stereocenters. The van der Waals surface area contributed by atoms with Crippen molar-refractivity contribution in [1.82, 2.24) is 14.7 Å². The maximum absolute atomic E-state index is 12.3. The second-order valence-corrected chi connectivity index (χ2v) is 4.75. The number of hydrogen-bond acceptors (Lipinski definition) is 3. The predicted molar refractivity (Wildman–Crippen MR) is 73.8 cm³/mol. The summed E-state index contributed by atoms with van der Waals surface area (Å²) in [4.78, 5) is 27.6. The fourth-order valence-corrected chi connectivity index (χ4v) is 2.11. The van der Waals surface area contributed by atoms with Gasteiger partial charge in [0.15, 0.2) is 0 Å². The number of carbonyl (C=O) groups excluding carboxylic acids is 1. The number of carbonyl (C=O) groups is 2. The molecule has 0 saturated heterocycles. The van der Waals surface area contributed by atoms with Gasteiger partial charge in [0.05, 0.1) is 5.69 Å². The molecule has 2 aromatic rings. The van der Waals surface area contributed by atoms with E-state index in [9.17, 15) is 9.59 Å². The van der Waals surface area contributed by atoms with Crippen LogP contribution in [0.5, 0.6) is 0 Å². The van der Waals surface area contributed by atoms with E-state index < -0.39 is 17.9 Å². The van der Waals surface area contributed by atoms with Crippen molar-refractivity contribution in [3.05, 3.63) is 35.3 Å². The number of hydrogen-bond donors (Lipinski definition) is 2. The Bertz CT molecular complexity index is 676. The van der Waals surface area contributed by atoms with E-state index in [2.05, 4.69) is 10.3 Å². The molecule has 0 fully saturated rings. The number of nitrogens with zero attached hydrogens (tertiary/aromatic N) is 2. The van der Waals surface area contributed by atoms with Crippen molar-refractivity contribution in [3.63, 3.8) is 0 Å². The SMILES string of the molecule is CCC(NC(=O)c1c(C)nc2ccc(C)cn12)C(=O)O. The minimum absolute atomic E-state index is 0.329. The Kier molecular flexibility index (Phi) is 3.74. The maximum atomic E-state index is 12.3. The van der Waals surface area contributed by atoms with Crippen LogP contribution in [-0.4, -0.2) is 32.4 Å². The molecule has 0 aromatic carbocycles. The summed E-state index contributed by atoms with van der Waals surface area (Å²) >= 11 is 0. The average Bonchev–Trinajstić information content (AvgIpc) is 2.70. The van der Waals surface area contributed by atoms with Gasteiger partial charge in [0.1, 0.15) is 17.4 Å². The average molecular weight is 275 g/mol. The summed E-state index contributed by atoms with van der Waals surface area (Å²) in [5.74, 6) is -1.46. The number of amides is 1. The van der Waals surface area contributed by atoms with E-state index in [-0.39, 0.29) is 0 Å². The lowest BCUT2D eigenvalue weighted by Gasteiger charge is -2.12. The Morgan fingerprint density at radius 1 is 1.40 bits per heavy atom. The molecule has 2 N–H and O–H groups in total. The van der Waals surface area contributed by atoms with Gasteiger partial charge in [-0.15, -0.1) is 0 Å². The summed E-state index contributed by atoms with van der Waals surface area (Å²) in [5.41, 5.74) is 2.62. The molecule has 0 radical (unpaired) electrons. The highest BCUT2D eigenvalue weighted by atomic mass is 16.4. The van der Waals surface area contributed by atoms with Crippen LogP contribution >= 0.6 is 0 Å². The molecule has 2 aromatic heterocycles. The van der Waals surface area contributed by atoms with Crippen LogP contribution in [0, 0.1) is 13.8 Å². The molecule has 0 aliphatic heterocycles. The molecule has 0 spiro atoms. The van der Waals surface area contributed by atoms with Gasteiger partial charge in [-0.25, -0.2) is 9.78 Å². The quantitative estimate of drug-likeness (QED) is 0.886. The van der Waals surface area contributed by atoms with Gasteiger partial charge in [0.2, 0.25) is 0 Å². The molecule has 2 heterocycles. The molecule has 1 unspecified atom stereocenters. The number of pyridine rings is 1. The minimum Gasteiger partial charge on any atom is -0.480 e. The third-order valence-electron chi connectivity index (χ3n) is 3.17. The molecular formula is C14H17N3O3. The van der Waals surface area contributed by atoms with Crippen molar-refractivity contribution in [2.45, 2.75) is 33.2 Å². The molecule has 0 bridgehead atoms.